The number of para-hydroxylation sites is 1. The van der Waals surface area contributed by atoms with Crippen LogP contribution in [0.3, 0.4) is 0 Å². The molecule has 0 radical (unpaired) electrons. The van der Waals surface area contributed by atoms with Gasteiger partial charge in [0, 0.05) is 19.5 Å². The van der Waals surface area contributed by atoms with Crippen molar-refractivity contribution in [2.75, 3.05) is 12.8 Å². The predicted molar refractivity (Wildman–Crippen MR) is 105 cm³/mol. The van der Waals surface area contributed by atoms with E-state index in [-0.39, 0.29) is 5.91 Å². The highest BCUT2D eigenvalue weighted by atomic mass is 32.2. The summed E-state index contributed by atoms with van der Waals surface area (Å²) >= 11 is 3.06. The van der Waals surface area contributed by atoms with Crippen molar-refractivity contribution in [1.29, 1.82) is 0 Å². The first kappa shape index (κ1) is 17.3. The van der Waals surface area contributed by atoms with Gasteiger partial charge < -0.3 is 4.90 Å². The average Bonchev–Trinajstić information content (AvgIpc) is 3.21. The van der Waals surface area contributed by atoms with E-state index in [4.69, 9.17) is 4.98 Å². The first-order valence-corrected chi connectivity index (χ1v) is 10.5. The topological polar surface area (TPSA) is 51.0 Å². The van der Waals surface area contributed by atoms with Crippen molar-refractivity contribution in [3.05, 3.63) is 58.5 Å². The van der Waals surface area contributed by atoms with Crippen molar-refractivity contribution in [3.63, 3.8) is 0 Å². The Kier molecular flexibility index (Phi) is 5.08. The molecule has 7 heteroatoms. The molecule has 0 aliphatic heterocycles. The molecule has 0 N–H and O–H groups in total. The molecule has 2 heterocycles. The molecule has 0 spiro atoms. The molecular formula is C19H20N4OS2. The zero-order chi connectivity index (χ0) is 17.9. The van der Waals surface area contributed by atoms with Gasteiger partial charge in [-0.1, -0.05) is 30.0 Å². The molecule has 0 saturated heterocycles. The van der Waals surface area contributed by atoms with Crippen molar-refractivity contribution in [2.45, 2.75) is 30.5 Å². The highest BCUT2D eigenvalue weighted by Gasteiger charge is 2.30. The van der Waals surface area contributed by atoms with Gasteiger partial charge in [0.1, 0.15) is 5.82 Å². The number of carbonyl (C=O) groups excluding carboxylic acids is 1. The van der Waals surface area contributed by atoms with E-state index in [0.29, 0.717) is 23.4 Å². The quantitative estimate of drug-likeness (QED) is 0.579. The fraction of sp³-hybridized carbons (Fsp3) is 0.316. The smallest absolute Gasteiger partial charge is 0.233 e. The Morgan fingerprint density at radius 1 is 1.31 bits per heavy atom. The lowest BCUT2D eigenvalue weighted by molar-refractivity contribution is -0.127. The van der Waals surface area contributed by atoms with Crippen molar-refractivity contribution in [2.24, 2.45) is 0 Å². The number of benzene rings is 1. The van der Waals surface area contributed by atoms with Gasteiger partial charge in [-0.3, -0.25) is 4.79 Å². The van der Waals surface area contributed by atoms with Crippen LogP contribution in [0.4, 0.5) is 0 Å². The molecule has 0 atom stereocenters. The number of nitrogens with zero attached hydrogens (tertiary/aromatic N) is 4. The van der Waals surface area contributed by atoms with E-state index < -0.39 is 0 Å². The first-order chi connectivity index (χ1) is 12.7. The van der Waals surface area contributed by atoms with E-state index in [2.05, 4.69) is 10.5 Å². The van der Waals surface area contributed by atoms with Gasteiger partial charge in [0.15, 0.2) is 0 Å². The van der Waals surface area contributed by atoms with Crippen LogP contribution < -0.4 is 0 Å². The number of aromatic nitrogens is 3. The highest BCUT2D eigenvalue weighted by Crippen LogP contribution is 2.40. The number of carbonyl (C=O) groups is 1. The molecule has 2 aromatic heterocycles. The zero-order valence-corrected chi connectivity index (χ0v) is 16.2. The first-order valence-electron chi connectivity index (χ1n) is 8.61. The maximum Gasteiger partial charge on any atom is 0.233 e. The van der Waals surface area contributed by atoms with Crippen molar-refractivity contribution >= 4 is 29.0 Å². The molecule has 0 unspecified atom stereocenters. The lowest BCUT2D eigenvalue weighted by atomic mass is 10.3. The molecular weight excluding hydrogens is 364 g/mol. The molecule has 5 nitrogen and oxygen atoms in total. The van der Waals surface area contributed by atoms with E-state index in [1.165, 1.54) is 17.3 Å². The van der Waals surface area contributed by atoms with Crippen molar-refractivity contribution in [3.8, 4) is 5.69 Å². The molecule has 0 bridgehead atoms. The molecule has 4 rings (SSSR count). The largest absolute Gasteiger partial charge is 0.341 e. The monoisotopic (exact) mass is 384 g/mol. The molecule has 134 valence electrons. The SMILES string of the molecule is CN(Cc1ccsc1)C(=O)CSc1nc(C2CC2)n(-c2ccccc2)n1. The highest BCUT2D eigenvalue weighted by molar-refractivity contribution is 7.99. The van der Waals surface area contributed by atoms with Crippen LogP contribution in [-0.4, -0.2) is 38.4 Å². The summed E-state index contributed by atoms with van der Waals surface area (Å²) in [6.45, 7) is 0.641. The number of amides is 1. The van der Waals surface area contributed by atoms with Gasteiger partial charge in [0.2, 0.25) is 11.1 Å². The summed E-state index contributed by atoms with van der Waals surface area (Å²) in [5.74, 6) is 1.95. The van der Waals surface area contributed by atoms with Crippen LogP contribution in [0.2, 0.25) is 0 Å². The van der Waals surface area contributed by atoms with Gasteiger partial charge in [-0.2, -0.15) is 11.3 Å². The normalized spacial score (nSPS) is 13.7. The van der Waals surface area contributed by atoms with Gasteiger partial charge in [-0.15, -0.1) is 5.10 Å². The number of hydrogen-bond acceptors (Lipinski definition) is 5. The fourth-order valence-corrected chi connectivity index (χ4v) is 4.14. The Labute approximate surface area is 161 Å². The second-order valence-corrected chi connectivity index (χ2v) is 8.17. The minimum absolute atomic E-state index is 0.0882. The van der Waals surface area contributed by atoms with E-state index >= 15 is 0 Å². The van der Waals surface area contributed by atoms with E-state index in [9.17, 15) is 4.79 Å². The average molecular weight is 385 g/mol. The van der Waals surface area contributed by atoms with E-state index in [1.807, 2.05) is 53.5 Å². The zero-order valence-electron chi connectivity index (χ0n) is 14.5. The van der Waals surface area contributed by atoms with E-state index in [1.54, 1.807) is 16.2 Å². The fourth-order valence-electron chi connectivity index (χ4n) is 2.71. The van der Waals surface area contributed by atoms with Crippen LogP contribution in [0.15, 0.2) is 52.3 Å². The lowest BCUT2D eigenvalue weighted by Crippen LogP contribution is -2.27. The standard InChI is InChI=1S/C19H20N4OS2/c1-22(11-14-9-10-25-12-14)17(24)13-26-19-20-18(15-7-8-15)23(21-19)16-5-3-2-4-6-16/h2-6,9-10,12,15H,7-8,11,13H2,1H3. The Bertz CT molecular complexity index is 872. The van der Waals surface area contributed by atoms with Gasteiger partial charge in [-0.05, 0) is 47.4 Å². The molecule has 3 aromatic rings. The van der Waals surface area contributed by atoms with Crippen LogP contribution in [0.25, 0.3) is 5.69 Å². The predicted octanol–water partition coefficient (Wildman–Crippen LogP) is 3.96. The van der Waals surface area contributed by atoms with Gasteiger partial charge in [0.25, 0.3) is 0 Å². The van der Waals surface area contributed by atoms with Crippen LogP contribution in [0.5, 0.6) is 0 Å². The third-order valence-corrected chi connectivity index (χ3v) is 5.86. The third-order valence-electron chi connectivity index (χ3n) is 4.31. The minimum Gasteiger partial charge on any atom is -0.341 e. The summed E-state index contributed by atoms with van der Waals surface area (Å²) in [5.41, 5.74) is 2.19. The summed E-state index contributed by atoms with van der Waals surface area (Å²) in [4.78, 5) is 18.9. The van der Waals surface area contributed by atoms with Crippen LogP contribution >= 0.6 is 23.1 Å². The summed E-state index contributed by atoms with van der Waals surface area (Å²) < 4.78 is 1.93. The summed E-state index contributed by atoms with van der Waals surface area (Å²) in [7, 11) is 1.84. The van der Waals surface area contributed by atoms with Crippen LogP contribution in [0.1, 0.15) is 30.1 Å². The maximum absolute atomic E-state index is 12.4. The molecule has 1 aliphatic carbocycles. The number of thiophene rings is 1. The van der Waals surface area contributed by atoms with Gasteiger partial charge in [0.05, 0.1) is 11.4 Å². The Morgan fingerprint density at radius 2 is 2.12 bits per heavy atom. The lowest BCUT2D eigenvalue weighted by Gasteiger charge is -2.15. The Balaban J connectivity index is 1.43. The number of thioether (sulfide) groups is 1. The molecule has 1 aliphatic rings. The van der Waals surface area contributed by atoms with Gasteiger partial charge >= 0.3 is 0 Å². The molecule has 1 saturated carbocycles. The van der Waals surface area contributed by atoms with Crippen LogP contribution in [-0.2, 0) is 11.3 Å². The summed E-state index contributed by atoms with van der Waals surface area (Å²) in [6.07, 6.45) is 2.33. The summed E-state index contributed by atoms with van der Waals surface area (Å²) in [5, 5.41) is 9.42. The second kappa shape index (κ2) is 7.63. The number of hydrogen-bond donors (Lipinski definition) is 0. The summed E-state index contributed by atoms with van der Waals surface area (Å²) in [6, 6.07) is 12.1. The number of rotatable bonds is 7. The van der Waals surface area contributed by atoms with Crippen molar-refractivity contribution in [1.82, 2.24) is 19.7 Å². The van der Waals surface area contributed by atoms with Crippen molar-refractivity contribution < 1.29 is 4.79 Å². The molecule has 1 aromatic carbocycles. The Hall–Kier alpha value is -2.12. The Morgan fingerprint density at radius 3 is 2.81 bits per heavy atom. The van der Waals surface area contributed by atoms with E-state index in [0.717, 1.165) is 24.4 Å². The minimum atomic E-state index is 0.0882. The van der Waals surface area contributed by atoms with Gasteiger partial charge in [-0.25, -0.2) is 9.67 Å². The maximum atomic E-state index is 12.4. The second-order valence-electron chi connectivity index (χ2n) is 6.44. The molecule has 1 fully saturated rings. The molecule has 1 amide bonds. The molecule has 26 heavy (non-hydrogen) atoms. The third kappa shape index (κ3) is 3.99. The van der Waals surface area contributed by atoms with Crippen LogP contribution in [0, 0.1) is 0 Å².